The summed E-state index contributed by atoms with van der Waals surface area (Å²) < 4.78 is 5.42. The Hall–Kier alpha value is -2.03. The van der Waals surface area contributed by atoms with Crippen LogP contribution in [0.15, 0.2) is 24.3 Å². The largest absolute Gasteiger partial charge is 0.484 e. The maximum atomic E-state index is 12.1. The third-order valence-electron chi connectivity index (χ3n) is 3.72. The molecule has 2 aromatic rings. The average Bonchev–Trinajstić information content (AvgIpc) is 2.91. The van der Waals surface area contributed by atoms with Crippen molar-refractivity contribution < 1.29 is 9.53 Å². The van der Waals surface area contributed by atoms with Gasteiger partial charge < -0.3 is 10.1 Å². The molecule has 6 heteroatoms. The van der Waals surface area contributed by atoms with E-state index < -0.39 is 0 Å². The highest BCUT2D eigenvalue weighted by Gasteiger charge is 2.21. The van der Waals surface area contributed by atoms with E-state index in [1.54, 1.807) is 24.3 Å². The van der Waals surface area contributed by atoms with Crippen molar-refractivity contribution in [2.24, 2.45) is 0 Å². The van der Waals surface area contributed by atoms with E-state index in [9.17, 15) is 10.1 Å². The number of fused-ring (bicyclic) bond motifs is 1. The lowest BCUT2D eigenvalue weighted by Gasteiger charge is -2.09. The van der Waals surface area contributed by atoms with E-state index >= 15 is 0 Å². The molecule has 0 spiro atoms. The lowest BCUT2D eigenvalue weighted by molar-refractivity contribution is -0.118. The average molecular weight is 347 g/mol. The van der Waals surface area contributed by atoms with Crippen molar-refractivity contribution in [1.82, 2.24) is 0 Å². The van der Waals surface area contributed by atoms with Crippen LogP contribution in [-0.4, -0.2) is 12.5 Å². The Labute approximate surface area is 143 Å². The molecular weight excluding hydrogens is 332 g/mol. The van der Waals surface area contributed by atoms with Gasteiger partial charge in [0.25, 0.3) is 5.91 Å². The number of benzene rings is 1. The zero-order valence-corrected chi connectivity index (χ0v) is 14.0. The molecule has 0 saturated carbocycles. The van der Waals surface area contributed by atoms with Crippen LogP contribution in [0.5, 0.6) is 5.75 Å². The number of carbonyl (C=O) groups excluding carboxylic acids is 1. The second-order valence-corrected chi connectivity index (χ2v) is 6.86. The van der Waals surface area contributed by atoms with Gasteiger partial charge in [0, 0.05) is 9.90 Å². The highest BCUT2D eigenvalue weighted by atomic mass is 35.5. The zero-order chi connectivity index (χ0) is 16.2. The van der Waals surface area contributed by atoms with E-state index in [4.69, 9.17) is 16.3 Å². The van der Waals surface area contributed by atoms with Gasteiger partial charge in [-0.2, -0.15) is 5.26 Å². The Balaban J connectivity index is 1.65. The Morgan fingerprint density at radius 3 is 2.78 bits per heavy atom. The summed E-state index contributed by atoms with van der Waals surface area (Å²) in [6.07, 6.45) is 4.16. The monoisotopic (exact) mass is 346 g/mol. The Kier molecular flexibility index (Phi) is 4.85. The van der Waals surface area contributed by atoms with Gasteiger partial charge in [0.15, 0.2) is 6.61 Å². The van der Waals surface area contributed by atoms with Gasteiger partial charge in [-0.25, -0.2) is 0 Å². The quantitative estimate of drug-likeness (QED) is 0.903. The Morgan fingerprint density at radius 2 is 2.04 bits per heavy atom. The van der Waals surface area contributed by atoms with Gasteiger partial charge >= 0.3 is 0 Å². The Bertz CT molecular complexity index is 762. The van der Waals surface area contributed by atoms with E-state index in [-0.39, 0.29) is 12.5 Å². The molecule has 1 heterocycles. The number of rotatable bonds is 4. The second-order valence-electron chi connectivity index (χ2n) is 5.32. The number of nitrogens with zero attached hydrogens (tertiary/aromatic N) is 1. The highest BCUT2D eigenvalue weighted by Crippen LogP contribution is 2.37. The molecule has 1 aliphatic rings. The van der Waals surface area contributed by atoms with Crippen molar-refractivity contribution in [2.45, 2.75) is 25.7 Å². The summed E-state index contributed by atoms with van der Waals surface area (Å²) in [6.45, 7) is -0.102. The predicted molar refractivity (Wildman–Crippen MR) is 91.3 cm³/mol. The molecule has 0 radical (unpaired) electrons. The number of carbonyl (C=O) groups is 1. The minimum Gasteiger partial charge on any atom is -0.484 e. The number of anilines is 1. The molecule has 0 saturated heterocycles. The van der Waals surface area contributed by atoms with Crippen LogP contribution in [0, 0.1) is 11.3 Å². The zero-order valence-electron chi connectivity index (χ0n) is 12.4. The summed E-state index contributed by atoms with van der Waals surface area (Å²) in [4.78, 5) is 13.3. The molecule has 1 aromatic carbocycles. The minimum absolute atomic E-state index is 0.102. The summed E-state index contributed by atoms with van der Waals surface area (Å²) in [5.41, 5.74) is 1.72. The van der Waals surface area contributed by atoms with Gasteiger partial charge in [-0.15, -0.1) is 11.3 Å². The van der Waals surface area contributed by atoms with Crippen LogP contribution in [0.3, 0.4) is 0 Å². The number of nitriles is 1. The molecule has 0 bridgehead atoms. The molecule has 1 N–H and O–H groups in total. The molecule has 23 heavy (non-hydrogen) atoms. The van der Waals surface area contributed by atoms with Crippen LogP contribution in [0.25, 0.3) is 0 Å². The number of aryl methyl sites for hydroxylation is 1. The first-order valence-corrected chi connectivity index (χ1v) is 8.59. The molecule has 4 nitrogen and oxygen atoms in total. The number of hydrogen-bond donors (Lipinski definition) is 1. The van der Waals surface area contributed by atoms with Gasteiger partial charge in [0.1, 0.15) is 16.8 Å². The smallest absolute Gasteiger partial charge is 0.262 e. The van der Waals surface area contributed by atoms with Crippen molar-refractivity contribution in [3.8, 4) is 11.8 Å². The maximum absolute atomic E-state index is 12.1. The van der Waals surface area contributed by atoms with Crippen LogP contribution in [0.2, 0.25) is 5.02 Å². The third kappa shape index (κ3) is 3.66. The van der Waals surface area contributed by atoms with Gasteiger partial charge in [-0.1, -0.05) is 11.6 Å². The van der Waals surface area contributed by atoms with Gasteiger partial charge in [-0.05, 0) is 55.5 Å². The molecule has 0 aliphatic heterocycles. The lowest BCUT2D eigenvalue weighted by atomic mass is 9.96. The summed E-state index contributed by atoms with van der Waals surface area (Å²) >= 11 is 7.31. The van der Waals surface area contributed by atoms with Crippen molar-refractivity contribution in [1.29, 1.82) is 5.26 Å². The minimum atomic E-state index is -0.268. The molecule has 1 aliphatic carbocycles. The molecule has 1 amide bonds. The molecular formula is C17H15ClN2O2S. The summed E-state index contributed by atoms with van der Waals surface area (Å²) in [6, 6.07) is 9.05. The number of halogens is 1. The first-order chi connectivity index (χ1) is 11.2. The van der Waals surface area contributed by atoms with Crippen LogP contribution in [-0.2, 0) is 17.6 Å². The van der Waals surface area contributed by atoms with Crippen LogP contribution < -0.4 is 10.1 Å². The van der Waals surface area contributed by atoms with Gasteiger partial charge in [-0.3, -0.25) is 4.79 Å². The predicted octanol–water partition coefficient (Wildman–Crippen LogP) is 4.17. The summed E-state index contributed by atoms with van der Waals surface area (Å²) in [5, 5.41) is 13.4. The fourth-order valence-corrected chi connectivity index (χ4v) is 4.00. The molecule has 3 rings (SSSR count). The Morgan fingerprint density at radius 1 is 1.30 bits per heavy atom. The molecule has 0 fully saturated rings. The molecule has 0 atom stereocenters. The fourth-order valence-electron chi connectivity index (χ4n) is 2.61. The van der Waals surface area contributed by atoms with Crippen LogP contribution >= 0.6 is 22.9 Å². The van der Waals surface area contributed by atoms with Gasteiger partial charge in [0.2, 0.25) is 0 Å². The summed E-state index contributed by atoms with van der Waals surface area (Å²) in [7, 11) is 0. The molecule has 1 aromatic heterocycles. The lowest BCUT2D eigenvalue weighted by Crippen LogP contribution is -2.20. The van der Waals surface area contributed by atoms with Crippen molar-refractivity contribution >= 4 is 33.8 Å². The summed E-state index contributed by atoms with van der Waals surface area (Å²) in [5.74, 6) is 0.311. The first-order valence-electron chi connectivity index (χ1n) is 7.40. The maximum Gasteiger partial charge on any atom is 0.262 e. The van der Waals surface area contributed by atoms with Crippen LogP contribution in [0.1, 0.15) is 28.8 Å². The number of ether oxygens (including phenoxy) is 1. The van der Waals surface area contributed by atoms with Crippen molar-refractivity contribution in [3.05, 3.63) is 45.3 Å². The van der Waals surface area contributed by atoms with E-state index in [1.165, 1.54) is 16.2 Å². The number of amides is 1. The molecule has 118 valence electrons. The molecule has 0 unspecified atom stereocenters. The van der Waals surface area contributed by atoms with Crippen molar-refractivity contribution in [2.75, 3.05) is 11.9 Å². The highest BCUT2D eigenvalue weighted by molar-refractivity contribution is 7.16. The SMILES string of the molecule is N#Cc1c(NC(=O)COc2ccc(Cl)cc2)sc2c1CCCC2. The number of hydrogen-bond acceptors (Lipinski definition) is 4. The van der Waals surface area contributed by atoms with Crippen LogP contribution in [0.4, 0.5) is 5.00 Å². The second kappa shape index (κ2) is 7.03. The fraction of sp³-hybridized carbons (Fsp3) is 0.294. The van der Waals surface area contributed by atoms with E-state index in [0.717, 1.165) is 31.2 Å². The van der Waals surface area contributed by atoms with Gasteiger partial charge in [0.05, 0.1) is 5.56 Å². The van der Waals surface area contributed by atoms with E-state index in [0.29, 0.717) is 21.3 Å². The van der Waals surface area contributed by atoms with Crippen molar-refractivity contribution in [3.63, 3.8) is 0 Å². The van der Waals surface area contributed by atoms with E-state index in [2.05, 4.69) is 11.4 Å². The number of nitrogens with one attached hydrogen (secondary N) is 1. The normalized spacial score (nSPS) is 13.0. The third-order valence-corrected chi connectivity index (χ3v) is 5.18. The number of thiophene rings is 1. The topological polar surface area (TPSA) is 62.1 Å². The standard InChI is InChI=1S/C17H15ClN2O2S/c18-11-5-7-12(8-6-11)22-10-16(21)20-17-14(9-19)13-3-1-2-4-15(13)23-17/h5-8H,1-4,10H2,(H,20,21). The van der Waals surface area contributed by atoms with E-state index in [1.807, 2.05) is 0 Å². The first kappa shape index (κ1) is 15.9.